The Hall–Kier alpha value is -3.68. The first-order valence-corrected chi connectivity index (χ1v) is 13.9. The Morgan fingerprint density at radius 1 is 1.00 bits per heavy atom. The average Bonchev–Trinajstić information content (AvgIpc) is 3.31. The third-order valence-electron chi connectivity index (χ3n) is 5.11. The molecule has 0 fully saturated rings. The van der Waals surface area contributed by atoms with Gasteiger partial charge in [-0.2, -0.15) is 9.61 Å². The molecule has 4 rings (SSSR count). The molecule has 0 radical (unpaired) electrons. The number of sulfonamides is 1. The number of amides is 1. The van der Waals surface area contributed by atoms with E-state index in [4.69, 9.17) is 9.47 Å². The van der Waals surface area contributed by atoms with Crippen molar-refractivity contribution in [1.82, 2.24) is 24.5 Å². The highest BCUT2D eigenvalue weighted by Gasteiger charge is 2.15. The van der Waals surface area contributed by atoms with E-state index in [2.05, 4.69) is 25.3 Å². The van der Waals surface area contributed by atoms with Crippen molar-refractivity contribution >= 4 is 39.0 Å². The monoisotopic (exact) mass is 542 g/mol. The van der Waals surface area contributed by atoms with E-state index >= 15 is 0 Å². The quantitative estimate of drug-likeness (QED) is 0.259. The van der Waals surface area contributed by atoms with Crippen molar-refractivity contribution in [2.75, 3.05) is 31.3 Å². The minimum atomic E-state index is -3.69. The Balaban J connectivity index is 1.33. The summed E-state index contributed by atoms with van der Waals surface area (Å²) < 4.78 is 39.7. The predicted molar refractivity (Wildman–Crippen MR) is 140 cm³/mol. The Bertz CT molecular complexity index is 1460. The number of thioether (sulfide) groups is 1. The molecule has 2 N–H and O–H groups in total. The largest absolute Gasteiger partial charge is 0.497 e. The Labute approximate surface area is 218 Å². The summed E-state index contributed by atoms with van der Waals surface area (Å²) >= 11 is 1.27. The summed E-state index contributed by atoms with van der Waals surface area (Å²) in [5, 5.41) is 16.2. The molecule has 11 nitrogen and oxygen atoms in total. The van der Waals surface area contributed by atoms with Gasteiger partial charge >= 0.3 is 0 Å². The minimum absolute atomic E-state index is 0.110. The number of aromatic nitrogens is 4. The first-order chi connectivity index (χ1) is 17.9. The standard InChI is InChI=1S/C24H26N6O5S2/c1-3-35-19-6-4-17(5-7-19)26-23(31)16-36-24-13-12-21-27-28-22(30(21)29-24)14-15-25-37(32,33)20-10-8-18(34-2)9-11-20/h4-13,25H,3,14-16H2,1-2H3,(H,26,31). The Morgan fingerprint density at radius 2 is 1.73 bits per heavy atom. The van der Waals surface area contributed by atoms with Gasteiger partial charge in [-0.15, -0.1) is 10.2 Å². The van der Waals surface area contributed by atoms with Crippen LogP contribution in [-0.4, -0.2) is 60.2 Å². The number of rotatable bonds is 12. The molecule has 2 aromatic heterocycles. The molecule has 0 aliphatic rings. The molecular formula is C24H26N6O5S2. The molecule has 13 heteroatoms. The van der Waals surface area contributed by atoms with Crippen LogP contribution in [0.15, 0.2) is 70.6 Å². The van der Waals surface area contributed by atoms with Crippen LogP contribution < -0.4 is 19.5 Å². The number of fused-ring (bicyclic) bond motifs is 1. The van der Waals surface area contributed by atoms with Gasteiger partial charge in [0, 0.05) is 18.7 Å². The van der Waals surface area contributed by atoms with Crippen molar-refractivity contribution in [2.45, 2.75) is 23.3 Å². The van der Waals surface area contributed by atoms with Gasteiger partial charge in [0.25, 0.3) is 0 Å². The SMILES string of the molecule is CCOc1ccc(NC(=O)CSc2ccc3nnc(CCNS(=O)(=O)c4ccc(OC)cc4)n3n2)cc1. The van der Waals surface area contributed by atoms with Crippen LogP contribution in [0.5, 0.6) is 11.5 Å². The van der Waals surface area contributed by atoms with E-state index in [1.807, 2.05) is 6.92 Å². The van der Waals surface area contributed by atoms with E-state index < -0.39 is 10.0 Å². The molecule has 0 bridgehead atoms. The van der Waals surface area contributed by atoms with Gasteiger partial charge in [-0.05, 0) is 67.6 Å². The topological polar surface area (TPSA) is 137 Å². The molecule has 0 aliphatic heterocycles. The third kappa shape index (κ3) is 6.96. The normalized spacial score (nSPS) is 11.4. The Kier molecular flexibility index (Phi) is 8.58. The highest BCUT2D eigenvalue weighted by molar-refractivity contribution is 7.99. The van der Waals surface area contributed by atoms with E-state index in [1.165, 1.54) is 31.0 Å². The second-order valence-electron chi connectivity index (χ2n) is 7.68. The van der Waals surface area contributed by atoms with Gasteiger partial charge in [-0.1, -0.05) is 11.8 Å². The number of hydrogen-bond acceptors (Lipinski definition) is 9. The molecule has 37 heavy (non-hydrogen) atoms. The fourth-order valence-electron chi connectivity index (χ4n) is 3.32. The highest BCUT2D eigenvalue weighted by Crippen LogP contribution is 2.19. The van der Waals surface area contributed by atoms with Crippen LogP contribution >= 0.6 is 11.8 Å². The van der Waals surface area contributed by atoms with Crippen molar-refractivity contribution in [3.05, 3.63) is 66.5 Å². The van der Waals surface area contributed by atoms with Crippen molar-refractivity contribution in [1.29, 1.82) is 0 Å². The van der Waals surface area contributed by atoms with Crippen molar-refractivity contribution in [3.63, 3.8) is 0 Å². The number of anilines is 1. The maximum absolute atomic E-state index is 12.5. The fourth-order valence-corrected chi connectivity index (χ4v) is 5.01. The van der Waals surface area contributed by atoms with Crippen LogP contribution in [-0.2, 0) is 21.2 Å². The first kappa shape index (κ1) is 26.4. The number of hydrogen-bond donors (Lipinski definition) is 2. The van der Waals surface area contributed by atoms with Crippen LogP contribution in [0, 0.1) is 0 Å². The zero-order valence-electron chi connectivity index (χ0n) is 20.2. The molecule has 194 valence electrons. The van der Waals surface area contributed by atoms with Gasteiger partial charge in [0.15, 0.2) is 11.5 Å². The van der Waals surface area contributed by atoms with Gasteiger partial charge in [-0.25, -0.2) is 13.1 Å². The van der Waals surface area contributed by atoms with Crippen LogP contribution in [0.4, 0.5) is 5.69 Å². The number of nitrogens with zero attached hydrogens (tertiary/aromatic N) is 4. The molecule has 2 aromatic carbocycles. The molecule has 0 aliphatic carbocycles. The van der Waals surface area contributed by atoms with Gasteiger partial charge in [0.05, 0.1) is 24.4 Å². The summed E-state index contributed by atoms with van der Waals surface area (Å²) in [6.07, 6.45) is 0.274. The number of carbonyl (C=O) groups excluding carboxylic acids is 1. The number of carbonyl (C=O) groups is 1. The lowest BCUT2D eigenvalue weighted by Crippen LogP contribution is -2.26. The summed E-state index contributed by atoms with van der Waals surface area (Å²) in [5.74, 6) is 1.79. The van der Waals surface area contributed by atoms with Crippen LogP contribution in [0.2, 0.25) is 0 Å². The van der Waals surface area contributed by atoms with Gasteiger partial charge < -0.3 is 14.8 Å². The maximum Gasteiger partial charge on any atom is 0.240 e. The molecule has 0 unspecified atom stereocenters. The van der Waals surface area contributed by atoms with E-state index in [-0.39, 0.29) is 29.5 Å². The fraction of sp³-hybridized carbons (Fsp3) is 0.250. The van der Waals surface area contributed by atoms with E-state index in [0.29, 0.717) is 34.5 Å². The smallest absolute Gasteiger partial charge is 0.240 e. The second-order valence-corrected chi connectivity index (χ2v) is 10.4. The lowest BCUT2D eigenvalue weighted by molar-refractivity contribution is -0.113. The maximum atomic E-state index is 12.5. The van der Waals surface area contributed by atoms with Crippen molar-refractivity contribution in [3.8, 4) is 11.5 Å². The van der Waals surface area contributed by atoms with Crippen molar-refractivity contribution < 1.29 is 22.7 Å². The van der Waals surface area contributed by atoms with Gasteiger partial charge in [0.2, 0.25) is 15.9 Å². The molecular weight excluding hydrogens is 516 g/mol. The van der Waals surface area contributed by atoms with Crippen LogP contribution in [0.1, 0.15) is 12.7 Å². The zero-order chi connectivity index (χ0) is 26.3. The predicted octanol–water partition coefficient (Wildman–Crippen LogP) is 2.78. The number of benzene rings is 2. The number of methoxy groups -OCH3 is 1. The molecule has 0 spiro atoms. The van der Waals surface area contributed by atoms with Gasteiger partial charge in [-0.3, -0.25) is 4.79 Å². The molecule has 2 heterocycles. The summed E-state index contributed by atoms with van der Waals surface area (Å²) in [4.78, 5) is 12.5. The lowest BCUT2D eigenvalue weighted by Gasteiger charge is -2.08. The third-order valence-corrected chi connectivity index (χ3v) is 7.51. The first-order valence-electron chi connectivity index (χ1n) is 11.4. The number of nitrogens with one attached hydrogen (secondary N) is 2. The highest BCUT2D eigenvalue weighted by atomic mass is 32.2. The summed E-state index contributed by atoms with van der Waals surface area (Å²) in [5.41, 5.74) is 1.20. The van der Waals surface area contributed by atoms with Crippen LogP contribution in [0.25, 0.3) is 5.65 Å². The molecule has 4 aromatic rings. The van der Waals surface area contributed by atoms with Crippen molar-refractivity contribution in [2.24, 2.45) is 0 Å². The van der Waals surface area contributed by atoms with E-state index in [0.717, 1.165) is 5.75 Å². The molecule has 0 saturated carbocycles. The number of ether oxygens (including phenoxy) is 2. The van der Waals surface area contributed by atoms with Gasteiger partial charge in [0.1, 0.15) is 16.5 Å². The summed E-state index contributed by atoms with van der Waals surface area (Å²) in [6, 6.07) is 16.8. The Morgan fingerprint density at radius 3 is 2.43 bits per heavy atom. The van der Waals surface area contributed by atoms with E-state index in [1.54, 1.807) is 53.0 Å². The van der Waals surface area contributed by atoms with E-state index in [9.17, 15) is 13.2 Å². The molecule has 0 saturated heterocycles. The second kappa shape index (κ2) is 12.0. The zero-order valence-corrected chi connectivity index (χ0v) is 21.9. The lowest BCUT2D eigenvalue weighted by atomic mass is 10.3. The summed E-state index contributed by atoms with van der Waals surface area (Å²) in [7, 11) is -2.17. The van der Waals surface area contributed by atoms with Crippen LogP contribution in [0.3, 0.4) is 0 Å². The molecule has 0 atom stereocenters. The minimum Gasteiger partial charge on any atom is -0.497 e. The average molecular weight is 543 g/mol. The summed E-state index contributed by atoms with van der Waals surface area (Å²) in [6.45, 7) is 2.60. The molecule has 1 amide bonds.